The maximum absolute atomic E-state index is 10.9. The second-order valence-corrected chi connectivity index (χ2v) is 5.84. The Morgan fingerprint density at radius 3 is 2.32 bits per heavy atom. The molecule has 0 radical (unpaired) electrons. The molecule has 1 heterocycles. The normalized spacial score (nSPS) is 12.4. The van der Waals surface area contributed by atoms with E-state index >= 15 is 0 Å². The summed E-state index contributed by atoms with van der Waals surface area (Å²) in [6.07, 6.45) is -0.749. The lowest BCUT2D eigenvalue weighted by atomic mass is 10.2. The van der Waals surface area contributed by atoms with Crippen LogP contribution in [0.25, 0.3) is 0 Å². The summed E-state index contributed by atoms with van der Waals surface area (Å²) in [5, 5.41) is 28.4. The monoisotopic (exact) mass is 308 g/mol. The first-order chi connectivity index (χ1) is 8.70. The molecule has 0 aliphatic carbocycles. The summed E-state index contributed by atoms with van der Waals surface area (Å²) in [6, 6.07) is 0. The summed E-state index contributed by atoms with van der Waals surface area (Å²) in [5.74, 6) is -2.61. The van der Waals surface area contributed by atoms with Gasteiger partial charge in [0.2, 0.25) is 9.47 Å². The van der Waals surface area contributed by atoms with E-state index in [1.807, 2.05) is 0 Å². The lowest BCUT2D eigenvalue weighted by molar-refractivity contribution is -0.136. The molecule has 0 aromatic carbocycles. The van der Waals surface area contributed by atoms with Gasteiger partial charge in [0.25, 0.3) is 10.0 Å². The summed E-state index contributed by atoms with van der Waals surface area (Å²) in [6.45, 7) is 0. The van der Waals surface area contributed by atoms with Gasteiger partial charge >= 0.3 is 11.9 Å². The molecule has 0 spiro atoms. The highest BCUT2D eigenvalue weighted by molar-refractivity contribution is 7.91. The Labute approximate surface area is 110 Å². The van der Waals surface area contributed by atoms with Crippen LogP contribution in [-0.2, 0) is 19.6 Å². The van der Waals surface area contributed by atoms with E-state index in [0.29, 0.717) is 11.3 Å². The minimum Gasteiger partial charge on any atom is -0.481 e. The van der Waals surface area contributed by atoms with Crippen molar-refractivity contribution in [1.29, 1.82) is 0 Å². The second kappa shape index (κ2) is 5.81. The summed E-state index contributed by atoms with van der Waals surface area (Å²) < 4.78 is 21.3. The zero-order valence-electron chi connectivity index (χ0n) is 9.18. The number of hydrogen-bond acceptors (Lipinski definition) is 8. The van der Waals surface area contributed by atoms with Crippen molar-refractivity contribution in [3.8, 4) is 0 Å². The molecule has 19 heavy (non-hydrogen) atoms. The average Bonchev–Trinajstić information content (AvgIpc) is 2.71. The molecule has 0 aliphatic heterocycles. The van der Waals surface area contributed by atoms with E-state index in [0.717, 1.165) is 0 Å². The number of hydrogen-bond donors (Lipinski definition) is 3. The van der Waals surface area contributed by atoms with Crippen molar-refractivity contribution in [2.45, 2.75) is 17.2 Å². The van der Waals surface area contributed by atoms with Crippen LogP contribution in [0.1, 0.15) is 12.8 Å². The number of nitrogens with two attached hydrogens (primary N) is 1. The van der Waals surface area contributed by atoms with Crippen LogP contribution >= 0.6 is 11.3 Å². The fraction of sp³-hybridized carbons (Fsp3) is 0.286. The molecule has 0 amide bonds. The maximum atomic E-state index is 10.9. The smallest absolute Gasteiger partial charge is 0.350 e. The van der Waals surface area contributed by atoms with E-state index < -0.39 is 38.4 Å². The van der Waals surface area contributed by atoms with Crippen LogP contribution in [0.4, 0.5) is 5.13 Å². The number of rotatable bonds is 6. The van der Waals surface area contributed by atoms with Crippen molar-refractivity contribution in [2.75, 3.05) is 0 Å². The van der Waals surface area contributed by atoms with Crippen LogP contribution < -0.4 is 5.14 Å². The molecule has 0 fully saturated rings. The standard InChI is InChI=1S/C7H8N4O6S2/c8-19(16,17)7-11-10-6(18-7)9-3(5(14)15)1-2-4(12)13/h1-2H2,(H,12,13)(H,14,15)(H2,8,16,17). The molecule has 0 aliphatic rings. The third-order valence-corrected chi connectivity index (χ3v) is 3.82. The number of aromatic nitrogens is 2. The van der Waals surface area contributed by atoms with Crippen molar-refractivity contribution in [2.24, 2.45) is 10.1 Å². The SMILES string of the molecule is NS(=O)(=O)c1nnc(N=C(CCC(=O)O)C(=O)O)s1. The number of nitrogens with zero attached hydrogens (tertiary/aromatic N) is 3. The third kappa shape index (κ3) is 4.69. The van der Waals surface area contributed by atoms with Gasteiger partial charge in [0.05, 0.1) is 6.42 Å². The molecule has 0 atom stereocenters. The van der Waals surface area contributed by atoms with E-state index in [-0.39, 0.29) is 11.6 Å². The zero-order chi connectivity index (χ0) is 14.6. The van der Waals surface area contributed by atoms with E-state index in [1.54, 1.807) is 0 Å². The predicted octanol–water partition coefficient (Wildman–Crippen LogP) is -0.793. The summed E-state index contributed by atoms with van der Waals surface area (Å²) in [5.41, 5.74) is -0.459. The first-order valence-electron chi connectivity index (χ1n) is 4.59. The van der Waals surface area contributed by atoms with Crippen molar-refractivity contribution in [3.05, 3.63) is 0 Å². The Kier molecular flexibility index (Phi) is 4.63. The molecule has 10 nitrogen and oxygen atoms in total. The van der Waals surface area contributed by atoms with E-state index in [9.17, 15) is 18.0 Å². The summed E-state index contributed by atoms with van der Waals surface area (Å²) in [4.78, 5) is 24.7. The highest BCUT2D eigenvalue weighted by Crippen LogP contribution is 2.22. The predicted molar refractivity (Wildman–Crippen MR) is 62.9 cm³/mol. The van der Waals surface area contributed by atoms with Gasteiger partial charge in [0.1, 0.15) is 5.71 Å². The molecule has 1 aromatic rings. The third-order valence-electron chi connectivity index (χ3n) is 1.69. The quantitative estimate of drug-likeness (QED) is 0.573. The Bertz CT molecular complexity index is 634. The maximum Gasteiger partial charge on any atom is 0.350 e. The van der Waals surface area contributed by atoms with Crippen molar-refractivity contribution in [3.63, 3.8) is 0 Å². The van der Waals surface area contributed by atoms with E-state index in [2.05, 4.69) is 15.2 Å². The van der Waals surface area contributed by atoms with Gasteiger partial charge in [0.15, 0.2) is 0 Å². The Morgan fingerprint density at radius 2 is 1.89 bits per heavy atom. The Morgan fingerprint density at radius 1 is 1.26 bits per heavy atom. The molecule has 4 N–H and O–H groups in total. The zero-order valence-corrected chi connectivity index (χ0v) is 10.8. The number of carbonyl (C=O) groups is 2. The molecular weight excluding hydrogens is 300 g/mol. The van der Waals surface area contributed by atoms with Gasteiger partial charge in [-0.15, -0.1) is 10.2 Å². The number of carboxylic acids is 2. The highest BCUT2D eigenvalue weighted by atomic mass is 32.2. The fourth-order valence-electron chi connectivity index (χ4n) is 0.914. The topological polar surface area (TPSA) is 173 Å². The molecule has 1 aromatic heterocycles. The molecule has 0 saturated heterocycles. The van der Waals surface area contributed by atoms with Crippen LogP contribution in [0.15, 0.2) is 9.33 Å². The molecule has 1 rings (SSSR count). The van der Waals surface area contributed by atoms with Crippen molar-refractivity contribution < 1.29 is 28.2 Å². The van der Waals surface area contributed by atoms with Crippen LogP contribution in [0, 0.1) is 0 Å². The largest absolute Gasteiger partial charge is 0.481 e. The minimum absolute atomic E-state index is 0.230. The number of aliphatic carboxylic acids is 2. The van der Waals surface area contributed by atoms with Gasteiger partial charge in [0, 0.05) is 6.42 Å². The molecule has 0 saturated carbocycles. The number of primary sulfonamides is 1. The lowest BCUT2D eigenvalue weighted by Gasteiger charge is -1.96. The molecule has 0 unspecified atom stereocenters. The first-order valence-corrected chi connectivity index (χ1v) is 6.95. The van der Waals surface area contributed by atoms with E-state index in [1.165, 1.54) is 0 Å². The second-order valence-electron chi connectivity index (χ2n) is 3.15. The van der Waals surface area contributed by atoms with Gasteiger partial charge in [-0.2, -0.15) is 0 Å². The van der Waals surface area contributed by atoms with Crippen LogP contribution in [-0.4, -0.2) is 46.5 Å². The number of aliphatic imine (C=N–C) groups is 1. The van der Waals surface area contributed by atoms with E-state index in [4.69, 9.17) is 15.4 Å². The Balaban J connectivity index is 2.99. The lowest BCUT2D eigenvalue weighted by Crippen LogP contribution is -2.14. The Hall–Kier alpha value is -1.92. The minimum atomic E-state index is -4.03. The molecule has 104 valence electrons. The van der Waals surface area contributed by atoms with Gasteiger partial charge in [-0.25, -0.2) is 23.3 Å². The van der Waals surface area contributed by atoms with Gasteiger partial charge < -0.3 is 10.2 Å². The first kappa shape index (κ1) is 15.1. The number of sulfonamides is 1. The highest BCUT2D eigenvalue weighted by Gasteiger charge is 2.17. The van der Waals surface area contributed by atoms with Gasteiger partial charge in [-0.05, 0) is 0 Å². The van der Waals surface area contributed by atoms with Gasteiger partial charge in [-0.1, -0.05) is 11.3 Å². The molecular formula is C7H8N4O6S2. The van der Waals surface area contributed by atoms with Crippen LogP contribution in [0.3, 0.4) is 0 Å². The summed E-state index contributed by atoms with van der Waals surface area (Å²) >= 11 is 0.486. The van der Waals surface area contributed by atoms with Crippen LogP contribution in [0.5, 0.6) is 0 Å². The van der Waals surface area contributed by atoms with Crippen molar-refractivity contribution >= 4 is 44.1 Å². The molecule has 12 heteroatoms. The average molecular weight is 308 g/mol. The van der Waals surface area contributed by atoms with Crippen LogP contribution in [0.2, 0.25) is 0 Å². The fourth-order valence-corrected chi connectivity index (χ4v) is 2.23. The summed E-state index contributed by atoms with van der Waals surface area (Å²) in [7, 11) is -4.03. The van der Waals surface area contributed by atoms with Gasteiger partial charge in [-0.3, -0.25) is 4.79 Å². The molecule has 0 bridgehead atoms. The van der Waals surface area contributed by atoms with Crippen molar-refractivity contribution in [1.82, 2.24) is 10.2 Å². The number of carboxylic acid groups (broad SMARTS) is 2.